The van der Waals surface area contributed by atoms with Gasteiger partial charge in [-0.3, -0.25) is 0 Å². The molecule has 0 aromatic heterocycles. The van der Waals surface area contributed by atoms with Gasteiger partial charge in [0.2, 0.25) is 0 Å². The Morgan fingerprint density at radius 2 is 1.76 bits per heavy atom. The number of aliphatic hydroxyl groups is 1. The Morgan fingerprint density at radius 1 is 1.24 bits per heavy atom. The summed E-state index contributed by atoms with van der Waals surface area (Å²) in [6.45, 7) is 7.87. The lowest BCUT2D eigenvalue weighted by atomic mass is 9.76. The molecule has 0 aliphatic heterocycles. The number of rotatable bonds is 4. The summed E-state index contributed by atoms with van der Waals surface area (Å²) in [5, 5.41) is 10.7. The fourth-order valence-electron chi connectivity index (χ4n) is 2.06. The van der Waals surface area contributed by atoms with E-state index in [9.17, 15) is 9.50 Å². The second kappa shape index (κ2) is 5.49. The van der Waals surface area contributed by atoms with Crippen molar-refractivity contribution in [3.05, 3.63) is 34.1 Å². The molecule has 1 N–H and O–H groups in total. The van der Waals surface area contributed by atoms with Crippen LogP contribution in [0.15, 0.2) is 22.7 Å². The lowest BCUT2D eigenvalue weighted by molar-refractivity contribution is -0.0468. The van der Waals surface area contributed by atoms with E-state index in [1.807, 2.05) is 27.7 Å². The topological polar surface area (TPSA) is 20.2 Å². The molecule has 0 fully saturated rings. The molecule has 0 aliphatic carbocycles. The molecule has 1 aromatic carbocycles. The molecule has 1 aromatic rings. The van der Waals surface area contributed by atoms with Crippen molar-refractivity contribution in [1.82, 2.24) is 0 Å². The molecule has 0 spiro atoms. The Kier molecular flexibility index (Phi) is 4.73. The molecule has 0 bridgehead atoms. The van der Waals surface area contributed by atoms with Crippen LogP contribution in [0, 0.1) is 17.7 Å². The van der Waals surface area contributed by atoms with E-state index in [0.29, 0.717) is 12.0 Å². The minimum Gasteiger partial charge on any atom is -0.389 e. The largest absolute Gasteiger partial charge is 0.389 e. The first-order valence-corrected chi connectivity index (χ1v) is 6.73. The quantitative estimate of drug-likeness (QED) is 0.885. The minimum atomic E-state index is -0.873. The molecular formula is C14H20BrFO. The molecule has 0 aliphatic rings. The zero-order valence-corrected chi connectivity index (χ0v) is 12.4. The molecule has 17 heavy (non-hydrogen) atoms. The predicted molar refractivity (Wildman–Crippen MR) is 72.4 cm³/mol. The third-order valence-corrected chi connectivity index (χ3v) is 3.97. The van der Waals surface area contributed by atoms with E-state index in [2.05, 4.69) is 15.9 Å². The SMILES string of the molecule is CC(C)C(O)(Cc1cc(Br)ccc1F)C(C)C. The highest BCUT2D eigenvalue weighted by molar-refractivity contribution is 9.10. The number of hydrogen-bond acceptors (Lipinski definition) is 1. The molecule has 96 valence electrons. The molecule has 0 amide bonds. The van der Waals surface area contributed by atoms with Crippen LogP contribution in [-0.4, -0.2) is 10.7 Å². The highest BCUT2D eigenvalue weighted by atomic mass is 79.9. The molecule has 1 nitrogen and oxygen atoms in total. The smallest absolute Gasteiger partial charge is 0.126 e. The van der Waals surface area contributed by atoms with Crippen molar-refractivity contribution in [2.24, 2.45) is 11.8 Å². The molecule has 0 saturated heterocycles. The van der Waals surface area contributed by atoms with Crippen LogP contribution in [0.2, 0.25) is 0 Å². The maximum absolute atomic E-state index is 13.7. The van der Waals surface area contributed by atoms with Crippen molar-refractivity contribution < 1.29 is 9.50 Å². The third kappa shape index (κ3) is 3.29. The van der Waals surface area contributed by atoms with E-state index in [4.69, 9.17) is 0 Å². The van der Waals surface area contributed by atoms with Gasteiger partial charge in [-0.1, -0.05) is 43.6 Å². The summed E-state index contributed by atoms with van der Waals surface area (Å²) in [5.41, 5.74) is -0.314. The monoisotopic (exact) mass is 302 g/mol. The first-order chi connectivity index (χ1) is 7.77. The predicted octanol–water partition coefficient (Wildman–Crippen LogP) is 4.17. The van der Waals surface area contributed by atoms with Gasteiger partial charge in [0.15, 0.2) is 0 Å². The van der Waals surface area contributed by atoms with Crippen LogP contribution in [-0.2, 0) is 6.42 Å². The Bertz CT molecular complexity index is 380. The molecule has 0 saturated carbocycles. The van der Waals surface area contributed by atoms with Crippen LogP contribution in [0.5, 0.6) is 0 Å². The van der Waals surface area contributed by atoms with Gasteiger partial charge in [-0.25, -0.2) is 4.39 Å². The minimum absolute atomic E-state index is 0.0841. The lowest BCUT2D eigenvalue weighted by Crippen LogP contribution is -2.43. The van der Waals surface area contributed by atoms with Gasteiger partial charge in [0.25, 0.3) is 0 Å². The Labute approximate surface area is 111 Å². The summed E-state index contributed by atoms with van der Waals surface area (Å²) >= 11 is 3.33. The second-order valence-electron chi connectivity index (χ2n) is 5.21. The highest BCUT2D eigenvalue weighted by Gasteiger charge is 2.35. The van der Waals surface area contributed by atoms with Crippen molar-refractivity contribution >= 4 is 15.9 Å². The zero-order valence-electron chi connectivity index (χ0n) is 10.8. The van der Waals surface area contributed by atoms with Gasteiger partial charge in [0.05, 0.1) is 5.60 Å². The average molecular weight is 303 g/mol. The van der Waals surface area contributed by atoms with Gasteiger partial charge in [-0.15, -0.1) is 0 Å². The van der Waals surface area contributed by atoms with Crippen LogP contribution in [0.3, 0.4) is 0 Å². The first kappa shape index (κ1) is 14.7. The fourth-order valence-corrected chi connectivity index (χ4v) is 2.47. The van der Waals surface area contributed by atoms with Crippen LogP contribution < -0.4 is 0 Å². The van der Waals surface area contributed by atoms with Gasteiger partial charge < -0.3 is 5.11 Å². The summed E-state index contributed by atoms with van der Waals surface area (Å²) in [4.78, 5) is 0. The van der Waals surface area contributed by atoms with Crippen molar-refractivity contribution in [3.8, 4) is 0 Å². The van der Waals surface area contributed by atoms with Crippen LogP contribution in [0.25, 0.3) is 0 Å². The third-order valence-electron chi connectivity index (χ3n) is 3.48. The first-order valence-electron chi connectivity index (χ1n) is 5.93. The van der Waals surface area contributed by atoms with E-state index in [-0.39, 0.29) is 17.7 Å². The second-order valence-corrected chi connectivity index (χ2v) is 6.13. The van der Waals surface area contributed by atoms with E-state index in [1.54, 1.807) is 12.1 Å². The van der Waals surface area contributed by atoms with E-state index >= 15 is 0 Å². The van der Waals surface area contributed by atoms with E-state index in [1.165, 1.54) is 6.07 Å². The van der Waals surface area contributed by atoms with Crippen molar-refractivity contribution in [2.75, 3.05) is 0 Å². The van der Waals surface area contributed by atoms with Crippen LogP contribution in [0.4, 0.5) is 4.39 Å². The van der Waals surface area contributed by atoms with Crippen LogP contribution >= 0.6 is 15.9 Å². The van der Waals surface area contributed by atoms with Gasteiger partial charge in [-0.2, -0.15) is 0 Å². The number of benzene rings is 1. The fraction of sp³-hybridized carbons (Fsp3) is 0.571. The maximum atomic E-state index is 13.7. The van der Waals surface area contributed by atoms with Gasteiger partial charge in [0.1, 0.15) is 5.82 Å². The van der Waals surface area contributed by atoms with Crippen molar-refractivity contribution in [2.45, 2.75) is 39.7 Å². The van der Waals surface area contributed by atoms with Crippen LogP contribution in [0.1, 0.15) is 33.3 Å². The Hall–Kier alpha value is -0.410. The molecule has 0 heterocycles. The normalized spacial score (nSPS) is 12.5. The summed E-state index contributed by atoms with van der Waals surface area (Å²) < 4.78 is 14.5. The summed E-state index contributed by atoms with van der Waals surface area (Å²) in [6.07, 6.45) is 0.341. The molecular weight excluding hydrogens is 283 g/mol. The Balaban J connectivity index is 3.06. The highest BCUT2D eigenvalue weighted by Crippen LogP contribution is 2.31. The summed E-state index contributed by atoms with van der Waals surface area (Å²) in [7, 11) is 0. The number of hydrogen-bond donors (Lipinski definition) is 1. The van der Waals surface area contributed by atoms with E-state index in [0.717, 1.165) is 4.47 Å². The van der Waals surface area contributed by atoms with Gasteiger partial charge >= 0.3 is 0 Å². The van der Waals surface area contributed by atoms with E-state index < -0.39 is 5.60 Å². The maximum Gasteiger partial charge on any atom is 0.126 e. The van der Waals surface area contributed by atoms with Crippen molar-refractivity contribution in [1.29, 1.82) is 0 Å². The van der Waals surface area contributed by atoms with Gasteiger partial charge in [-0.05, 0) is 35.6 Å². The molecule has 0 radical (unpaired) electrons. The summed E-state index contributed by atoms with van der Waals surface area (Å²) in [6, 6.07) is 4.84. The molecule has 0 unspecified atom stereocenters. The number of halogens is 2. The summed E-state index contributed by atoms with van der Waals surface area (Å²) in [5.74, 6) is -0.0883. The lowest BCUT2D eigenvalue weighted by Gasteiger charge is -2.36. The standard InChI is InChI=1S/C14H20BrFO/c1-9(2)14(17,10(3)4)8-11-7-12(15)5-6-13(11)16/h5-7,9-10,17H,8H2,1-4H3. The zero-order chi connectivity index (χ0) is 13.2. The molecule has 3 heteroatoms. The molecule has 1 rings (SSSR count). The molecule has 0 atom stereocenters. The van der Waals surface area contributed by atoms with Crippen molar-refractivity contribution in [3.63, 3.8) is 0 Å². The Morgan fingerprint density at radius 3 is 2.24 bits per heavy atom. The average Bonchev–Trinajstić information content (AvgIpc) is 2.22. The van der Waals surface area contributed by atoms with Gasteiger partial charge in [0, 0.05) is 10.9 Å².